The molecule has 0 saturated carbocycles. The van der Waals surface area contributed by atoms with E-state index in [-0.39, 0.29) is 28.4 Å². The molecule has 0 saturated heterocycles. The fourth-order valence-corrected chi connectivity index (χ4v) is 4.35. The molecule has 31 heavy (non-hydrogen) atoms. The maximum absolute atomic E-state index is 13.1. The smallest absolute Gasteiger partial charge is 0.332 e. The lowest BCUT2D eigenvalue weighted by Crippen LogP contribution is -2.40. The Labute approximate surface area is 184 Å². The molecule has 0 fully saturated rings. The van der Waals surface area contributed by atoms with Gasteiger partial charge in [0.05, 0.1) is 11.4 Å². The van der Waals surface area contributed by atoms with Crippen molar-refractivity contribution in [2.45, 2.75) is 65.0 Å². The fraction of sp³-hybridized carbons (Fsp3) is 0.476. The number of halogens is 1. The second kappa shape index (κ2) is 8.66. The van der Waals surface area contributed by atoms with E-state index in [4.69, 9.17) is 17.3 Å². The summed E-state index contributed by atoms with van der Waals surface area (Å²) < 4.78 is 2.83. The first-order chi connectivity index (χ1) is 14.9. The van der Waals surface area contributed by atoms with E-state index >= 15 is 0 Å². The third kappa shape index (κ3) is 4.01. The number of hydrogen-bond acceptors (Lipinski definition) is 6. The minimum atomic E-state index is -0.393. The number of allylic oxidation sites excluding steroid dienone is 1. The molecule has 3 heterocycles. The number of aromatic amines is 1. The van der Waals surface area contributed by atoms with Crippen molar-refractivity contribution in [3.05, 3.63) is 49.1 Å². The number of H-pyrrole nitrogens is 1. The molecule has 3 N–H and O–H groups in total. The van der Waals surface area contributed by atoms with Gasteiger partial charge in [-0.15, -0.1) is 0 Å². The van der Waals surface area contributed by atoms with Crippen LogP contribution in [0.2, 0.25) is 5.28 Å². The molecule has 1 unspecified atom stereocenters. The first-order valence-corrected chi connectivity index (χ1v) is 11.0. The van der Waals surface area contributed by atoms with E-state index in [9.17, 15) is 9.59 Å². The van der Waals surface area contributed by atoms with Crippen LogP contribution in [0, 0.1) is 6.92 Å². The number of nitrogens with one attached hydrogen (secondary N) is 1. The summed E-state index contributed by atoms with van der Waals surface area (Å²) in [5.41, 5.74) is 8.43. The van der Waals surface area contributed by atoms with Crippen LogP contribution in [0.4, 0.5) is 5.95 Å². The number of rotatable bonds is 8. The highest BCUT2D eigenvalue weighted by Gasteiger charge is 2.22. The zero-order valence-electron chi connectivity index (χ0n) is 17.7. The third-order valence-corrected chi connectivity index (χ3v) is 5.92. The van der Waals surface area contributed by atoms with Gasteiger partial charge in [0, 0.05) is 24.6 Å². The standard InChI is InChI=1S/C21H26ClN7O2/c1-3-4-5-10-28-17-16(25-19(22)27-17)18(30)29(21(28)31)11-6-7-13-8-9-14-12(2)24-20(23)26-15(13)14/h8-9,13H,3-7,10-11H2,1-2H3,(H,25,27)(H2,23,24,26). The Morgan fingerprint density at radius 1 is 1.13 bits per heavy atom. The number of aromatic nitrogens is 6. The van der Waals surface area contributed by atoms with Gasteiger partial charge in [0.15, 0.2) is 11.2 Å². The number of imidazole rings is 1. The van der Waals surface area contributed by atoms with Crippen molar-refractivity contribution in [3.8, 4) is 0 Å². The first kappa shape index (κ1) is 21.3. The average Bonchev–Trinajstić information content (AvgIpc) is 3.31. The summed E-state index contributed by atoms with van der Waals surface area (Å²) in [4.78, 5) is 41.6. The summed E-state index contributed by atoms with van der Waals surface area (Å²) in [5, 5.41) is 0.105. The van der Waals surface area contributed by atoms with Gasteiger partial charge in [-0.05, 0) is 37.8 Å². The highest BCUT2D eigenvalue weighted by molar-refractivity contribution is 6.28. The van der Waals surface area contributed by atoms with Crippen LogP contribution in [0.1, 0.15) is 61.9 Å². The number of unbranched alkanes of at least 4 members (excludes halogenated alkanes) is 2. The van der Waals surface area contributed by atoms with Gasteiger partial charge in [-0.2, -0.15) is 4.98 Å². The van der Waals surface area contributed by atoms with Crippen molar-refractivity contribution in [2.75, 3.05) is 5.73 Å². The topological polar surface area (TPSA) is 124 Å². The Kier molecular flexibility index (Phi) is 5.95. The van der Waals surface area contributed by atoms with Crippen molar-refractivity contribution in [2.24, 2.45) is 0 Å². The van der Waals surface area contributed by atoms with Crippen LogP contribution in [0.25, 0.3) is 17.2 Å². The Morgan fingerprint density at radius 3 is 2.68 bits per heavy atom. The monoisotopic (exact) mass is 443 g/mol. The second-order valence-corrected chi connectivity index (χ2v) is 8.26. The van der Waals surface area contributed by atoms with Gasteiger partial charge in [0.1, 0.15) is 0 Å². The summed E-state index contributed by atoms with van der Waals surface area (Å²) in [6.45, 7) is 4.81. The minimum absolute atomic E-state index is 0.0896. The summed E-state index contributed by atoms with van der Waals surface area (Å²) in [6, 6.07) is 0. The molecule has 0 bridgehead atoms. The van der Waals surface area contributed by atoms with Crippen LogP contribution in [0.5, 0.6) is 0 Å². The largest absolute Gasteiger partial charge is 0.368 e. The molecule has 3 aromatic heterocycles. The molecule has 9 nitrogen and oxygen atoms in total. The van der Waals surface area contributed by atoms with Crippen LogP contribution >= 0.6 is 11.6 Å². The summed E-state index contributed by atoms with van der Waals surface area (Å²) in [7, 11) is 0. The highest BCUT2D eigenvalue weighted by Crippen LogP contribution is 2.33. The van der Waals surface area contributed by atoms with Gasteiger partial charge in [-0.1, -0.05) is 31.9 Å². The van der Waals surface area contributed by atoms with Crippen molar-refractivity contribution in [3.63, 3.8) is 0 Å². The van der Waals surface area contributed by atoms with Crippen LogP contribution in [-0.2, 0) is 13.1 Å². The number of hydrogen-bond donors (Lipinski definition) is 2. The van der Waals surface area contributed by atoms with Crippen molar-refractivity contribution in [1.82, 2.24) is 29.1 Å². The molecule has 0 aliphatic heterocycles. The quantitative estimate of drug-likeness (QED) is 0.407. The Bertz CT molecular complexity index is 1270. The van der Waals surface area contributed by atoms with E-state index in [2.05, 4.69) is 32.9 Å². The molecule has 0 aromatic carbocycles. The lowest BCUT2D eigenvalue weighted by molar-refractivity contribution is 0.510. The molecule has 0 amide bonds. The SMILES string of the molecule is CCCCCn1c(=O)n(CCCC2C=Cc3c(C)nc(N)nc32)c(=O)c2[nH]c(Cl)nc21. The van der Waals surface area contributed by atoms with Crippen LogP contribution in [0.3, 0.4) is 0 Å². The van der Waals surface area contributed by atoms with Crippen molar-refractivity contribution >= 4 is 34.8 Å². The molecule has 0 spiro atoms. The lowest BCUT2D eigenvalue weighted by atomic mass is 10.0. The number of anilines is 1. The number of nitrogen functional groups attached to an aromatic ring is 1. The average molecular weight is 444 g/mol. The van der Waals surface area contributed by atoms with E-state index in [1.54, 1.807) is 4.57 Å². The van der Waals surface area contributed by atoms with Gasteiger partial charge in [-0.25, -0.2) is 14.8 Å². The molecule has 3 aromatic rings. The Hall–Kier alpha value is -2.94. The second-order valence-electron chi connectivity index (χ2n) is 7.90. The molecule has 10 heteroatoms. The van der Waals surface area contributed by atoms with Crippen LogP contribution < -0.4 is 17.0 Å². The normalized spacial score (nSPS) is 15.1. The fourth-order valence-electron chi connectivity index (χ4n) is 4.18. The molecule has 1 aliphatic carbocycles. The Morgan fingerprint density at radius 2 is 1.90 bits per heavy atom. The molecule has 4 rings (SSSR count). The van der Waals surface area contributed by atoms with Gasteiger partial charge < -0.3 is 10.7 Å². The molecule has 1 atom stereocenters. The number of nitrogens with zero attached hydrogens (tertiary/aromatic N) is 5. The first-order valence-electron chi connectivity index (χ1n) is 10.6. The van der Waals surface area contributed by atoms with Crippen molar-refractivity contribution in [1.29, 1.82) is 0 Å². The van der Waals surface area contributed by atoms with Crippen LogP contribution in [0.15, 0.2) is 15.7 Å². The third-order valence-electron chi connectivity index (χ3n) is 5.74. The van der Waals surface area contributed by atoms with E-state index in [1.807, 2.05) is 13.0 Å². The summed E-state index contributed by atoms with van der Waals surface area (Å²) in [5.74, 6) is 0.351. The number of nitrogens with two attached hydrogens (primary N) is 1. The highest BCUT2D eigenvalue weighted by atomic mass is 35.5. The maximum Gasteiger partial charge on any atom is 0.332 e. The predicted molar refractivity (Wildman–Crippen MR) is 121 cm³/mol. The molecule has 164 valence electrons. The van der Waals surface area contributed by atoms with Crippen LogP contribution in [-0.4, -0.2) is 29.1 Å². The lowest BCUT2D eigenvalue weighted by Gasteiger charge is -2.13. The summed E-state index contributed by atoms with van der Waals surface area (Å²) >= 11 is 6.00. The molecule has 1 aliphatic rings. The summed E-state index contributed by atoms with van der Waals surface area (Å²) in [6.07, 6.45) is 8.32. The van der Waals surface area contributed by atoms with Gasteiger partial charge in [-0.3, -0.25) is 13.9 Å². The van der Waals surface area contributed by atoms with Gasteiger partial charge in [0.25, 0.3) is 5.56 Å². The van der Waals surface area contributed by atoms with E-state index in [0.717, 1.165) is 42.6 Å². The van der Waals surface area contributed by atoms with E-state index < -0.39 is 5.56 Å². The zero-order valence-corrected chi connectivity index (χ0v) is 18.4. The molecular formula is C21H26ClN7O2. The molecule has 0 radical (unpaired) electrons. The number of fused-ring (bicyclic) bond motifs is 2. The van der Waals surface area contributed by atoms with E-state index in [0.29, 0.717) is 25.2 Å². The Balaban J connectivity index is 1.58. The van der Waals surface area contributed by atoms with E-state index in [1.165, 1.54) is 4.57 Å². The van der Waals surface area contributed by atoms with Gasteiger partial charge in [0.2, 0.25) is 11.2 Å². The zero-order chi connectivity index (χ0) is 22.1. The van der Waals surface area contributed by atoms with Crippen molar-refractivity contribution < 1.29 is 0 Å². The predicted octanol–water partition coefficient (Wildman–Crippen LogP) is 3.00. The number of aryl methyl sites for hydroxylation is 2. The maximum atomic E-state index is 13.1. The minimum Gasteiger partial charge on any atom is -0.368 e. The van der Waals surface area contributed by atoms with Gasteiger partial charge >= 0.3 is 5.69 Å². The molecular weight excluding hydrogens is 418 g/mol.